The van der Waals surface area contributed by atoms with Crippen molar-refractivity contribution in [3.63, 3.8) is 0 Å². The van der Waals surface area contributed by atoms with Crippen LogP contribution < -0.4 is 5.32 Å². The van der Waals surface area contributed by atoms with Gasteiger partial charge in [-0.15, -0.1) is 0 Å². The van der Waals surface area contributed by atoms with Gasteiger partial charge in [0.2, 0.25) is 5.91 Å². The first kappa shape index (κ1) is 14.7. The van der Waals surface area contributed by atoms with E-state index in [1.807, 2.05) is 25.1 Å². The lowest BCUT2D eigenvalue weighted by molar-refractivity contribution is -0.115. The Kier molecular flexibility index (Phi) is 4.33. The number of amides is 1. The number of carbonyl (C=O) groups excluding carboxylic acids is 1. The second-order valence-electron chi connectivity index (χ2n) is 4.68. The normalized spacial score (nSPS) is 10.2. The van der Waals surface area contributed by atoms with Gasteiger partial charge in [0.25, 0.3) is 0 Å². The van der Waals surface area contributed by atoms with Crippen molar-refractivity contribution < 1.29 is 19.1 Å². The largest absolute Gasteiger partial charge is 0.478 e. The van der Waals surface area contributed by atoms with Crippen LogP contribution in [0.5, 0.6) is 0 Å². The smallest absolute Gasteiger partial charge is 0.340 e. The van der Waals surface area contributed by atoms with E-state index in [2.05, 4.69) is 5.32 Å². The third-order valence-corrected chi connectivity index (χ3v) is 2.95. The summed E-state index contributed by atoms with van der Waals surface area (Å²) in [6, 6.07) is 11.2. The van der Waals surface area contributed by atoms with Crippen LogP contribution in [0.1, 0.15) is 21.5 Å². The summed E-state index contributed by atoms with van der Waals surface area (Å²) in [6.07, 6.45) is 0.0945. The summed E-state index contributed by atoms with van der Waals surface area (Å²) in [6.45, 7) is 1.91. The Bertz CT molecular complexity index is 698. The topological polar surface area (TPSA) is 66.4 Å². The van der Waals surface area contributed by atoms with Gasteiger partial charge >= 0.3 is 5.97 Å². The second-order valence-corrected chi connectivity index (χ2v) is 4.68. The molecule has 0 atom stereocenters. The number of anilines is 1. The maximum atomic E-state index is 13.5. The average Bonchev–Trinajstić information content (AvgIpc) is 2.37. The molecule has 1 amide bonds. The van der Waals surface area contributed by atoms with Gasteiger partial charge in [0.05, 0.1) is 12.1 Å². The van der Waals surface area contributed by atoms with Crippen LogP contribution in [0, 0.1) is 12.7 Å². The van der Waals surface area contributed by atoms with E-state index in [0.29, 0.717) is 0 Å². The van der Waals surface area contributed by atoms with E-state index >= 15 is 0 Å². The van der Waals surface area contributed by atoms with E-state index in [0.717, 1.165) is 17.2 Å². The summed E-state index contributed by atoms with van der Waals surface area (Å²) >= 11 is 0. The van der Waals surface area contributed by atoms with Crippen LogP contribution in [0.4, 0.5) is 10.1 Å². The fourth-order valence-electron chi connectivity index (χ4n) is 2.05. The molecule has 0 aliphatic heterocycles. The van der Waals surface area contributed by atoms with Crippen molar-refractivity contribution in [2.75, 3.05) is 5.32 Å². The molecule has 0 unspecified atom stereocenters. The Labute approximate surface area is 121 Å². The van der Waals surface area contributed by atoms with Gasteiger partial charge in [-0.3, -0.25) is 4.79 Å². The molecule has 0 radical (unpaired) electrons. The van der Waals surface area contributed by atoms with Crippen molar-refractivity contribution in [1.29, 1.82) is 0 Å². The third-order valence-electron chi connectivity index (χ3n) is 2.95. The maximum Gasteiger partial charge on any atom is 0.340 e. The first-order valence-corrected chi connectivity index (χ1v) is 6.34. The zero-order valence-corrected chi connectivity index (χ0v) is 11.4. The Morgan fingerprint density at radius 2 is 1.90 bits per heavy atom. The van der Waals surface area contributed by atoms with E-state index in [4.69, 9.17) is 5.11 Å². The molecule has 0 saturated carbocycles. The summed E-state index contributed by atoms with van der Waals surface area (Å²) in [5.41, 5.74) is 1.26. The number of aryl methyl sites for hydroxylation is 1. The zero-order valence-electron chi connectivity index (χ0n) is 11.4. The molecule has 0 spiro atoms. The van der Waals surface area contributed by atoms with Gasteiger partial charge in [-0.25, -0.2) is 9.18 Å². The average molecular weight is 287 g/mol. The molecular formula is C16H14FNO3. The number of rotatable bonds is 4. The lowest BCUT2D eigenvalue weighted by Gasteiger charge is -2.09. The van der Waals surface area contributed by atoms with Crippen LogP contribution in [-0.2, 0) is 11.2 Å². The fourth-order valence-corrected chi connectivity index (χ4v) is 2.05. The molecule has 2 aromatic carbocycles. The number of benzene rings is 2. The van der Waals surface area contributed by atoms with Gasteiger partial charge in [-0.05, 0) is 24.6 Å². The molecule has 2 rings (SSSR count). The van der Waals surface area contributed by atoms with Crippen molar-refractivity contribution >= 4 is 17.6 Å². The number of carboxylic acid groups (broad SMARTS) is 1. The number of hydrogen-bond acceptors (Lipinski definition) is 2. The van der Waals surface area contributed by atoms with Gasteiger partial charge in [0.15, 0.2) is 0 Å². The molecule has 21 heavy (non-hydrogen) atoms. The number of nitrogens with one attached hydrogen (secondary N) is 1. The number of carboxylic acids is 1. The molecule has 0 aliphatic rings. The molecule has 2 aromatic rings. The Morgan fingerprint density at radius 3 is 2.57 bits per heavy atom. The molecule has 2 N–H and O–H groups in total. The van der Waals surface area contributed by atoms with Gasteiger partial charge in [-0.2, -0.15) is 0 Å². The van der Waals surface area contributed by atoms with Crippen LogP contribution in [0.15, 0.2) is 42.5 Å². The number of aromatic carboxylic acids is 1. The number of hydrogen-bond donors (Lipinski definition) is 2. The van der Waals surface area contributed by atoms with Crippen LogP contribution >= 0.6 is 0 Å². The highest BCUT2D eigenvalue weighted by Gasteiger charge is 2.17. The van der Waals surface area contributed by atoms with E-state index < -0.39 is 23.3 Å². The molecule has 0 bridgehead atoms. The molecule has 0 aliphatic carbocycles. The highest BCUT2D eigenvalue weighted by atomic mass is 19.1. The first-order chi connectivity index (χ1) is 9.97. The van der Waals surface area contributed by atoms with E-state index in [1.54, 1.807) is 6.07 Å². The number of carbonyl (C=O) groups is 2. The molecular weight excluding hydrogens is 273 g/mol. The number of halogens is 1. The molecule has 5 heteroatoms. The minimum Gasteiger partial charge on any atom is -0.478 e. The SMILES string of the molecule is Cc1cccc(CC(=O)Nc2cccc(F)c2C(=O)O)c1. The lowest BCUT2D eigenvalue weighted by Crippen LogP contribution is -2.17. The summed E-state index contributed by atoms with van der Waals surface area (Å²) in [4.78, 5) is 23.0. The van der Waals surface area contributed by atoms with Crippen molar-refractivity contribution in [3.05, 3.63) is 65.0 Å². The highest BCUT2D eigenvalue weighted by molar-refractivity contribution is 6.01. The molecule has 0 saturated heterocycles. The first-order valence-electron chi connectivity index (χ1n) is 6.34. The van der Waals surface area contributed by atoms with E-state index in [9.17, 15) is 14.0 Å². The molecule has 108 valence electrons. The monoisotopic (exact) mass is 287 g/mol. The summed E-state index contributed by atoms with van der Waals surface area (Å²) in [5, 5.41) is 11.4. The fraction of sp³-hybridized carbons (Fsp3) is 0.125. The second kappa shape index (κ2) is 6.17. The van der Waals surface area contributed by atoms with Gasteiger partial charge < -0.3 is 10.4 Å². The Morgan fingerprint density at radius 1 is 1.19 bits per heavy atom. The minimum atomic E-state index is -1.42. The van der Waals surface area contributed by atoms with Crippen LogP contribution in [0.3, 0.4) is 0 Å². The lowest BCUT2D eigenvalue weighted by atomic mass is 10.1. The van der Waals surface area contributed by atoms with Crippen molar-refractivity contribution in [1.82, 2.24) is 0 Å². The third kappa shape index (κ3) is 3.66. The Hall–Kier alpha value is -2.69. The van der Waals surface area contributed by atoms with Gasteiger partial charge in [0, 0.05) is 0 Å². The highest BCUT2D eigenvalue weighted by Crippen LogP contribution is 2.19. The minimum absolute atomic E-state index is 0.0415. The van der Waals surface area contributed by atoms with E-state index in [-0.39, 0.29) is 12.1 Å². The summed E-state index contributed by atoms with van der Waals surface area (Å²) in [5.74, 6) is -2.69. The maximum absolute atomic E-state index is 13.5. The van der Waals surface area contributed by atoms with Crippen LogP contribution in [0.2, 0.25) is 0 Å². The van der Waals surface area contributed by atoms with Crippen molar-refractivity contribution in [2.45, 2.75) is 13.3 Å². The summed E-state index contributed by atoms with van der Waals surface area (Å²) in [7, 11) is 0. The summed E-state index contributed by atoms with van der Waals surface area (Å²) < 4.78 is 13.5. The van der Waals surface area contributed by atoms with Crippen molar-refractivity contribution in [3.8, 4) is 0 Å². The zero-order chi connectivity index (χ0) is 15.4. The van der Waals surface area contributed by atoms with E-state index in [1.165, 1.54) is 12.1 Å². The Balaban J connectivity index is 2.17. The quantitative estimate of drug-likeness (QED) is 0.908. The molecule has 0 fully saturated rings. The molecule has 4 nitrogen and oxygen atoms in total. The molecule has 0 heterocycles. The standard InChI is InChI=1S/C16H14FNO3/c1-10-4-2-5-11(8-10)9-14(19)18-13-7-3-6-12(17)15(13)16(20)21/h2-8H,9H2,1H3,(H,18,19)(H,20,21). The molecule has 0 aromatic heterocycles. The van der Waals surface area contributed by atoms with Crippen LogP contribution in [0.25, 0.3) is 0 Å². The van der Waals surface area contributed by atoms with Gasteiger partial charge in [0.1, 0.15) is 11.4 Å². The predicted molar refractivity (Wildman–Crippen MR) is 76.9 cm³/mol. The van der Waals surface area contributed by atoms with Gasteiger partial charge in [-0.1, -0.05) is 35.9 Å². The predicted octanol–water partition coefficient (Wildman–Crippen LogP) is 3.01. The van der Waals surface area contributed by atoms with Crippen molar-refractivity contribution in [2.24, 2.45) is 0 Å². The van der Waals surface area contributed by atoms with Crippen LogP contribution in [-0.4, -0.2) is 17.0 Å².